The summed E-state index contributed by atoms with van der Waals surface area (Å²) < 4.78 is 5.63. The predicted molar refractivity (Wildman–Crippen MR) is 104 cm³/mol. The normalized spacial score (nSPS) is 20.1. The smallest absolute Gasteiger partial charge is 0.267 e. The topological polar surface area (TPSA) is 71.5 Å². The second-order valence-electron chi connectivity index (χ2n) is 6.99. The molecule has 0 radical (unpaired) electrons. The lowest BCUT2D eigenvalue weighted by Crippen LogP contribution is -2.34. The van der Waals surface area contributed by atoms with Crippen molar-refractivity contribution in [2.24, 2.45) is 0 Å². The Morgan fingerprint density at radius 3 is 3.07 bits per heavy atom. The summed E-state index contributed by atoms with van der Waals surface area (Å²) in [5.74, 6) is 0.0463. The van der Waals surface area contributed by atoms with Gasteiger partial charge in [-0.25, -0.2) is 4.98 Å². The van der Waals surface area contributed by atoms with E-state index in [-0.39, 0.29) is 17.9 Å². The Balaban J connectivity index is 1.40. The molecule has 2 aliphatic heterocycles. The highest BCUT2D eigenvalue weighted by molar-refractivity contribution is 7.13. The van der Waals surface area contributed by atoms with E-state index in [0.29, 0.717) is 17.8 Å². The summed E-state index contributed by atoms with van der Waals surface area (Å²) in [4.78, 5) is 31.4. The molecule has 1 atom stereocenters. The van der Waals surface area contributed by atoms with Crippen molar-refractivity contribution < 1.29 is 14.3 Å². The van der Waals surface area contributed by atoms with Crippen LogP contribution in [0.2, 0.25) is 0 Å². The molecular weight excluding hydrogens is 362 g/mol. The molecule has 2 aromatic rings. The van der Waals surface area contributed by atoms with E-state index in [1.54, 1.807) is 6.20 Å². The van der Waals surface area contributed by atoms with Crippen LogP contribution in [0.4, 0.5) is 5.69 Å². The number of carbonyl (C=O) groups excluding carboxylic acids is 2. The molecule has 2 aliphatic rings. The first kappa shape index (κ1) is 18.1. The number of thiazole rings is 1. The number of amides is 2. The molecular formula is C20H23N3O3S. The SMILES string of the molecule is O=C(Nc1cccc(CN2CCCCC2=O)c1)c1cnc(C2CCCO2)s1. The molecule has 2 saturated heterocycles. The maximum atomic E-state index is 12.5. The number of nitrogens with zero attached hydrogens (tertiary/aromatic N) is 2. The van der Waals surface area contributed by atoms with Crippen molar-refractivity contribution in [3.05, 3.63) is 45.9 Å². The minimum atomic E-state index is -0.164. The van der Waals surface area contributed by atoms with Crippen molar-refractivity contribution in [1.29, 1.82) is 0 Å². The molecule has 0 saturated carbocycles. The number of ether oxygens (including phenoxy) is 1. The van der Waals surface area contributed by atoms with Gasteiger partial charge in [0.25, 0.3) is 5.91 Å². The lowest BCUT2D eigenvalue weighted by atomic mass is 10.1. The van der Waals surface area contributed by atoms with E-state index in [9.17, 15) is 9.59 Å². The van der Waals surface area contributed by atoms with Gasteiger partial charge in [0.15, 0.2) is 0 Å². The quantitative estimate of drug-likeness (QED) is 0.851. The van der Waals surface area contributed by atoms with Gasteiger partial charge in [-0.15, -0.1) is 11.3 Å². The molecule has 3 heterocycles. The summed E-state index contributed by atoms with van der Waals surface area (Å²) in [6.07, 6.45) is 6.32. The Labute approximate surface area is 162 Å². The average molecular weight is 385 g/mol. The number of hydrogen-bond acceptors (Lipinski definition) is 5. The molecule has 1 aromatic carbocycles. The number of anilines is 1. The molecule has 0 spiro atoms. The first-order chi connectivity index (χ1) is 13.2. The third kappa shape index (κ3) is 4.36. The standard InChI is InChI=1S/C20H23N3O3S/c24-18-8-1-2-9-23(18)13-14-5-3-6-15(11-14)22-19(25)17-12-21-20(27-17)16-7-4-10-26-16/h3,5-6,11-12,16H,1-2,4,7-10,13H2,(H,22,25). The van der Waals surface area contributed by atoms with Crippen molar-refractivity contribution in [2.45, 2.75) is 44.8 Å². The molecule has 0 aliphatic carbocycles. The van der Waals surface area contributed by atoms with Crippen LogP contribution in [-0.2, 0) is 16.1 Å². The summed E-state index contributed by atoms with van der Waals surface area (Å²) in [5, 5.41) is 3.81. The van der Waals surface area contributed by atoms with Crippen molar-refractivity contribution in [3.8, 4) is 0 Å². The van der Waals surface area contributed by atoms with Crippen LogP contribution in [0.1, 0.15) is 58.5 Å². The molecule has 142 valence electrons. The van der Waals surface area contributed by atoms with Crippen LogP contribution < -0.4 is 5.32 Å². The summed E-state index contributed by atoms with van der Waals surface area (Å²) in [7, 11) is 0. The van der Waals surface area contributed by atoms with Crippen LogP contribution in [0, 0.1) is 0 Å². The number of nitrogens with one attached hydrogen (secondary N) is 1. The van der Waals surface area contributed by atoms with E-state index in [2.05, 4.69) is 10.3 Å². The largest absolute Gasteiger partial charge is 0.371 e. The number of hydrogen-bond donors (Lipinski definition) is 1. The van der Waals surface area contributed by atoms with Crippen LogP contribution >= 0.6 is 11.3 Å². The fourth-order valence-corrected chi connectivity index (χ4v) is 4.40. The van der Waals surface area contributed by atoms with Gasteiger partial charge < -0.3 is 15.0 Å². The lowest BCUT2D eigenvalue weighted by Gasteiger charge is -2.26. The second kappa shape index (κ2) is 8.19. The first-order valence-corrected chi connectivity index (χ1v) is 10.3. The van der Waals surface area contributed by atoms with Gasteiger partial charge in [-0.1, -0.05) is 12.1 Å². The first-order valence-electron chi connectivity index (χ1n) is 9.44. The average Bonchev–Trinajstić information content (AvgIpc) is 3.35. The lowest BCUT2D eigenvalue weighted by molar-refractivity contribution is -0.133. The third-order valence-corrected chi connectivity index (χ3v) is 6.02. The van der Waals surface area contributed by atoms with E-state index in [4.69, 9.17) is 4.74 Å². The molecule has 1 N–H and O–H groups in total. The number of likely N-dealkylation sites (tertiary alicyclic amines) is 1. The molecule has 2 fully saturated rings. The van der Waals surface area contributed by atoms with Gasteiger partial charge in [-0.3, -0.25) is 9.59 Å². The minimum Gasteiger partial charge on any atom is -0.371 e. The minimum absolute atomic E-state index is 0.0296. The molecule has 1 unspecified atom stereocenters. The number of piperidine rings is 1. The van der Waals surface area contributed by atoms with Gasteiger partial charge in [-0.2, -0.15) is 0 Å². The zero-order valence-electron chi connectivity index (χ0n) is 15.1. The maximum absolute atomic E-state index is 12.5. The Kier molecular flexibility index (Phi) is 5.50. The molecule has 27 heavy (non-hydrogen) atoms. The summed E-state index contributed by atoms with van der Waals surface area (Å²) in [5.41, 5.74) is 1.75. The number of benzene rings is 1. The number of rotatable bonds is 5. The fourth-order valence-electron chi connectivity index (χ4n) is 3.50. The van der Waals surface area contributed by atoms with Crippen molar-refractivity contribution in [3.63, 3.8) is 0 Å². The molecule has 1 aromatic heterocycles. The fraction of sp³-hybridized carbons (Fsp3) is 0.450. The van der Waals surface area contributed by atoms with Crippen LogP contribution in [0.5, 0.6) is 0 Å². The maximum Gasteiger partial charge on any atom is 0.267 e. The van der Waals surface area contributed by atoms with Gasteiger partial charge in [-0.05, 0) is 43.4 Å². The summed E-state index contributed by atoms with van der Waals surface area (Å²) >= 11 is 1.39. The Morgan fingerprint density at radius 2 is 2.26 bits per heavy atom. The highest BCUT2D eigenvalue weighted by Crippen LogP contribution is 2.31. The zero-order valence-corrected chi connectivity index (χ0v) is 16.0. The Bertz CT molecular complexity index is 829. The van der Waals surface area contributed by atoms with Crippen molar-refractivity contribution in [1.82, 2.24) is 9.88 Å². The van der Waals surface area contributed by atoms with Gasteiger partial charge >= 0.3 is 0 Å². The Morgan fingerprint density at radius 1 is 1.33 bits per heavy atom. The summed E-state index contributed by atoms with van der Waals surface area (Å²) in [6.45, 7) is 2.16. The van der Waals surface area contributed by atoms with Gasteiger partial charge in [0.2, 0.25) is 5.91 Å². The zero-order chi connectivity index (χ0) is 18.6. The molecule has 6 nitrogen and oxygen atoms in total. The van der Waals surface area contributed by atoms with Gasteiger partial charge in [0.1, 0.15) is 16.0 Å². The van der Waals surface area contributed by atoms with E-state index in [1.165, 1.54) is 11.3 Å². The van der Waals surface area contributed by atoms with E-state index < -0.39 is 0 Å². The van der Waals surface area contributed by atoms with Crippen LogP contribution in [0.3, 0.4) is 0 Å². The number of aromatic nitrogens is 1. The van der Waals surface area contributed by atoms with Crippen molar-refractivity contribution in [2.75, 3.05) is 18.5 Å². The Hall–Kier alpha value is -2.25. The molecule has 4 rings (SSSR count). The second-order valence-corrected chi connectivity index (χ2v) is 8.05. The molecule has 2 amide bonds. The van der Waals surface area contributed by atoms with E-state index in [0.717, 1.165) is 55.1 Å². The van der Waals surface area contributed by atoms with E-state index >= 15 is 0 Å². The van der Waals surface area contributed by atoms with Gasteiger partial charge in [0.05, 0.1) is 6.20 Å². The number of carbonyl (C=O) groups is 2. The highest BCUT2D eigenvalue weighted by Gasteiger charge is 2.22. The monoisotopic (exact) mass is 385 g/mol. The molecule has 7 heteroatoms. The van der Waals surface area contributed by atoms with E-state index in [1.807, 2.05) is 29.2 Å². The molecule has 0 bridgehead atoms. The summed E-state index contributed by atoms with van der Waals surface area (Å²) in [6, 6.07) is 7.69. The van der Waals surface area contributed by atoms with Crippen molar-refractivity contribution >= 4 is 28.8 Å². The van der Waals surface area contributed by atoms with Crippen LogP contribution in [-0.4, -0.2) is 34.8 Å². The van der Waals surface area contributed by atoms with Crippen LogP contribution in [0.25, 0.3) is 0 Å². The van der Waals surface area contributed by atoms with Gasteiger partial charge in [0, 0.05) is 31.8 Å². The predicted octanol–water partition coefficient (Wildman–Crippen LogP) is 3.76. The van der Waals surface area contributed by atoms with Crippen LogP contribution in [0.15, 0.2) is 30.5 Å². The highest BCUT2D eigenvalue weighted by atomic mass is 32.1. The third-order valence-electron chi connectivity index (χ3n) is 4.93.